The van der Waals surface area contributed by atoms with E-state index in [1.54, 1.807) is 18.5 Å². The summed E-state index contributed by atoms with van der Waals surface area (Å²) in [6.07, 6.45) is 3.46. The molecule has 2 aromatic heterocycles. The molecule has 1 aromatic carbocycles. The van der Waals surface area contributed by atoms with Crippen molar-refractivity contribution in [3.8, 4) is 0 Å². The second-order valence-corrected chi connectivity index (χ2v) is 4.52. The van der Waals surface area contributed by atoms with E-state index in [1.807, 2.05) is 37.3 Å². The molecule has 0 N–H and O–H groups in total. The van der Waals surface area contributed by atoms with Crippen LogP contribution in [-0.2, 0) is 6.54 Å². The summed E-state index contributed by atoms with van der Waals surface area (Å²) in [6, 6.07) is 11.5. The van der Waals surface area contributed by atoms with Crippen molar-refractivity contribution < 1.29 is 0 Å². The van der Waals surface area contributed by atoms with Gasteiger partial charge in [0.25, 0.3) is 5.56 Å². The number of para-hydroxylation sites is 1. The molecular weight excluding hydrogens is 238 g/mol. The Bertz CT molecular complexity index is 787. The van der Waals surface area contributed by atoms with Gasteiger partial charge in [-0.25, -0.2) is 4.68 Å². The van der Waals surface area contributed by atoms with Crippen LogP contribution < -0.4 is 5.56 Å². The van der Waals surface area contributed by atoms with Crippen LogP contribution in [0.5, 0.6) is 0 Å². The maximum atomic E-state index is 11.9. The summed E-state index contributed by atoms with van der Waals surface area (Å²) < 4.78 is 1.45. The van der Waals surface area contributed by atoms with Gasteiger partial charge in [0, 0.05) is 17.6 Å². The summed E-state index contributed by atoms with van der Waals surface area (Å²) in [5.41, 5.74) is 2.70. The van der Waals surface area contributed by atoms with Crippen LogP contribution >= 0.6 is 0 Å². The minimum atomic E-state index is -0.0899. The van der Waals surface area contributed by atoms with Gasteiger partial charge in [-0.3, -0.25) is 9.78 Å². The topological polar surface area (TPSA) is 47.8 Å². The zero-order valence-corrected chi connectivity index (χ0v) is 10.6. The van der Waals surface area contributed by atoms with Crippen LogP contribution in [0.15, 0.2) is 53.6 Å². The molecule has 0 aliphatic carbocycles. The van der Waals surface area contributed by atoms with E-state index in [9.17, 15) is 4.79 Å². The Balaban J connectivity index is 2.08. The van der Waals surface area contributed by atoms with E-state index in [0.717, 1.165) is 22.0 Å². The van der Waals surface area contributed by atoms with E-state index in [0.29, 0.717) is 6.54 Å². The molecule has 0 bridgehead atoms. The highest BCUT2D eigenvalue weighted by molar-refractivity contribution is 5.81. The lowest BCUT2D eigenvalue weighted by molar-refractivity contribution is 0.638. The lowest BCUT2D eigenvalue weighted by atomic mass is 10.1. The van der Waals surface area contributed by atoms with E-state index in [1.165, 1.54) is 4.68 Å². The zero-order chi connectivity index (χ0) is 13.2. The third-order valence-corrected chi connectivity index (χ3v) is 3.04. The summed E-state index contributed by atoms with van der Waals surface area (Å²) >= 11 is 0. The number of fused-ring (bicyclic) bond motifs is 1. The molecule has 0 atom stereocenters. The molecule has 0 saturated carbocycles. The van der Waals surface area contributed by atoms with Crippen molar-refractivity contribution in [2.24, 2.45) is 0 Å². The van der Waals surface area contributed by atoms with Gasteiger partial charge in [0.2, 0.25) is 0 Å². The van der Waals surface area contributed by atoms with Gasteiger partial charge in [-0.2, -0.15) is 5.10 Å². The van der Waals surface area contributed by atoms with Gasteiger partial charge in [0.05, 0.1) is 18.3 Å². The maximum absolute atomic E-state index is 11.9. The molecule has 0 amide bonds. The minimum absolute atomic E-state index is 0.0899. The number of nitrogens with zero attached hydrogens (tertiary/aromatic N) is 3. The van der Waals surface area contributed by atoms with Gasteiger partial charge in [-0.1, -0.05) is 24.3 Å². The number of pyridine rings is 1. The molecule has 0 saturated heterocycles. The Labute approximate surface area is 110 Å². The minimum Gasteiger partial charge on any atom is -0.268 e. The first kappa shape index (κ1) is 11.6. The molecule has 4 heteroatoms. The molecule has 2 heterocycles. The van der Waals surface area contributed by atoms with Crippen LogP contribution in [0.1, 0.15) is 11.1 Å². The van der Waals surface area contributed by atoms with Gasteiger partial charge in [0.15, 0.2) is 0 Å². The Kier molecular flexibility index (Phi) is 2.83. The average Bonchev–Trinajstić information content (AvgIpc) is 2.42. The Morgan fingerprint density at radius 2 is 2.05 bits per heavy atom. The lowest BCUT2D eigenvalue weighted by Crippen LogP contribution is -2.22. The molecule has 0 aliphatic rings. The second-order valence-electron chi connectivity index (χ2n) is 4.52. The van der Waals surface area contributed by atoms with Crippen molar-refractivity contribution in [3.63, 3.8) is 0 Å². The SMILES string of the molecule is Cc1cnn(Cc2cccc3cccnc23)c(=O)c1. The van der Waals surface area contributed by atoms with Gasteiger partial charge in [-0.15, -0.1) is 0 Å². The van der Waals surface area contributed by atoms with Crippen LogP contribution in [0.2, 0.25) is 0 Å². The number of hydrogen-bond acceptors (Lipinski definition) is 3. The first-order valence-corrected chi connectivity index (χ1v) is 6.10. The highest BCUT2D eigenvalue weighted by Crippen LogP contribution is 2.16. The van der Waals surface area contributed by atoms with Crippen molar-refractivity contribution in [2.45, 2.75) is 13.5 Å². The molecule has 0 aliphatic heterocycles. The van der Waals surface area contributed by atoms with Crippen LogP contribution in [0.25, 0.3) is 10.9 Å². The van der Waals surface area contributed by atoms with Crippen LogP contribution in [0.4, 0.5) is 0 Å². The largest absolute Gasteiger partial charge is 0.268 e. The van der Waals surface area contributed by atoms with Gasteiger partial charge in [0.1, 0.15) is 0 Å². The quantitative estimate of drug-likeness (QED) is 0.701. The number of rotatable bonds is 2. The Hall–Kier alpha value is -2.49. The van der Waals surface area contributed by atoms with Crippen molar-refractivity contribution >= 4 is 10.9 Å². The maximum Gasteiger partial charge on any atom is 0.267 e. The van der Waals surface area contributed by atoms with E-state index in [2.05, 4.69) is 10.1 Å². The normalized spacial score (nSPS) is 10.8. The van der Waals surface area contributed by atoms with E-state index >= 15 is 0 Å². The number of benzene rings is 1. The van der Waals surface area contributed by atoms with E-state index < -0.39 is 0 Å². The van der Waals surface area contributed by atoms with E-state index in [4.69, 9.17) is 0 Å². The van der Waals surface area contributed by atoms with Gasteiger partial charge >= 0.3 is 0 Å². The fraction of sp³-hybridized carbons (Fsp3) is 0.133. The molecule has 94 valence electrons. The summed E-state index contributed by atoms with van der Waals surface area (Å²) in [4.78, 5) is 16.2. The summed E-state index contributed by atoms with van der Waals surface area (Å²) in [7, 11) is 0. The third-order valence-electron chi connectivity index (χ3n) is 3.04. The average molecular weight is 251 g/mol. The van der Waals surface area contributed by atoms with E-state index in [-0.39, 0.29) is 5.56 Å². The first-order valence-electron chi connectivity index (χ1n) is 6.10. The molecule has 0 unspecified atom stereocenters. The second kappa shape index (κ2) is 4.65. The van der Waals surface area contributed by atoms with Crippen molar-refractivity contribution in [3.05, 3.63) is 70.3 Å². The fourth-order valence-corrected chi connectivity index (χ4v) is 2.10. The molecule has 0 radical (unpaired) electrons. The van der Waals surface area contributed by atoms with Crippen LogP contribution in [0.3, 0.4) is 0 Å². The molecule has 3 rings (SSSR count). The van der Waals surface area contributed by atoms with Gasteiger partial charge in [-0.05, 0) is 24.1 Å². The monoisotopic (exact) mass is 251 g/mol. The molecule has 19 heavy (non-hydrogen) atoms. The first-order chi connectivity index (χ1) is 9.24. The number of aryl methyl sites for hydroxylation is 1. The predicted molar refractivity (Wildman–Crippen MR) is 74.1 cm³/mol. The molecule has 4 nitrogen and oxygen atoms in total. The van der Waals surface area contributed by atoms with Crippen molar-refractivity contribution in [1.82, 2.24) is 14.8 Å². The zero-order valence-electron chi connectivity index (χ0n) is 10.6. The number of hydrogen-bond donors (Lipinski definition) is 0. The fourth-order valence-electron chi connectivity index (χ4n) is 2.10. The summed E-state index contributed by atoms with van der Waals surface area (Å²) in [5, 5.41) is 5.23. The summed E-state index contributed by atoms with van der Waals surface area (Å²) in [5.74, 6) is 0. The molecular formula is C15H13N3O. The highest BCUT2D eigenvalue weighted by Gasteiger charge is 2.04. The molecule has 3 aromatic rings. The third kappa shape index (κ3) is 2.25. The lowest BCUT2D eigenvalue weighted by Gasteiger charge is -2.07. The van der Waals surface area contributed by atoms with Crippen molar-refractivity contribution in [2.75, 3.05) is 0 Å². The standard InChI is InChI=1S/C15H13N3O/c1-11-8-14(19)18(17-9-11)10-13-5-2-4-12-6-3-7-16-15(12)13/h2-9H,10H2,1H3. The van der Waals surface area contributed by atoms with Crippen LogP contribution in [-0.4, -0.2) is 14.8 Å². The van der Waals surface area contributed by atoms with Crippen LogP contribution in [0, 0.1) is 6.92 Å². The predicted octanol–water partition coefficient (Wildman–Crippen LogP) is 2.15. The Morgan fingerprint density at radius 3 is 2.89 bits per heavy atom. The molecule has 0 fully saturated rings. The van der Waals surface area contributed by atoms with Crippen molar-refractivity contribution in [1.29, 1.82) is 0 Å². The smallest absolute Gasteiger partial charge is 0.267 e. The summed E-state index contributed by atoms with van der Waals surface area (Å²) in [6.45, 7) is 2.30. The number of aromatic nitrogens is 3. The van der Waals surface area contributed by atoms with Gasteiger partial charge < -0.3 is 0 Å². The highest BCUT2D eigenvalue weighted by atomic mass is 16.1. The Morgan fingerprint density at radius 1 is 1.21 bits per heavy atom. The molecule has 0 spiro atoms.